The second kappa shape index (κ2) is 7.17. The van der Waals surface area contributed by atoms with E-state index in [-0.39, 0.29) is 18.3 Å². The Bertz CT molecular complexity index is 924. The molecule has 1 N–H and O–H groups in total. The number of furan rings is 1. The Morgan fingerprint density at radius 2 is 2.16 bits per heavy atom. The van der Waals surface area contributed by atoms with Crippen molar-refractivity contribution in [1.82, 2.24) is 14.9 Å². The quantitative estimate of drug-likeness (QED) is 0.723. The van der Waals surface area contributed by atoms with Gasteiger partial charge in [0.2, 0.25) is 5.91 Å². The first kappa shape index (κ1) is 16.7. The molecule has 0 aliphatic heterocycles. The van der Waals surface area contributed by atoms with Gasteiger partial charge >= 0.3 is 0 Å². The highest BCUT2D eigenvalue weighted by Gasteiger charge is 2.08. The zero-order chi connectivity index (χ0) is 17.8. The summed E-state index contributed by atoms with van der Waals surface area (Å²) in [7, 11) is 0. The van der Waals surface area contributed by atoms with Gasteiger partial charge in [0.15, 0.2) is 0 Å². The van der Waals surface area contributed by atoms with Gasteiger partial charge in [0, 0.05) is 25.0 Å². The van der Waals surface area contributed by atoms with Crippen molar-refractivity contribution in [3.63, 3.8) is 0 Å². The molecule has 0 unspecified atom stereocenters. The summed E-state index contributed by atoms with van der Waals surface area (Å²) in [4.78, 5) is 15.9. The number of imidazole rings is 1. The summed E-state index contributed by atoms with van der Waals surface area (Å²) < 4.78 is 21.3. The van der Waals surface area contributed by atoms with Crippen molar-refractivity contribution in [2.75, 3.05) is 0 Å². The minimum absolute atomic E-state index is 0.237. The fourth-order valence-corrected chi connectivity index (χ4v) is 2.44. The first-order chi connectivity index (χ1) is 12.0. The van der Waals surface area contributed by atoms with Crippen molar-refractivity contribution in [2.45, 2.75) is 20.4 Å². The third-order valence-corrected chi connectivity index (χ3v) is 3.72. The Balaban J connectivity index is 1.62. The number of nitrogens with zero attached hydrogens (tertiary/aromatic N) is 2. The van der Waals surface area contributed by atoms with Gasteiger partial charge in [-0.3, -0.25) is 4.79 Å². The van der Waals surface area contributed by atoms with Crippen LogP contribution in [0.3, 0.4) is 0 Å². The molecule has 0 atom stereocenters. The molecule has 0 saturated carbocycles. The monoisotopic (exact) mass is 339 g/mol. The number of rotatable bonds is 5. The van der Waals surface area contributed by atoms with Crippen LogP contribution in [0.5, 0.6) is 0 Å². The van der Waals surface area contributed by atoms with E-state index < -0.39 is 0 Å². The summed E-state index contributed by atoms with van der Waals surface area (Å²) in [6, 6.07) is 8.47. The Morgan fingerprint density at radius 3 is 2.80 bits per heavy atom. The molecule has 0 bridgehead atoms. The molecule has 0 saturated heterocycles. The van der Waals surface area contributed by atoms with E-state index in [1.165, 1.54) is 12.1 Å². The van der Waals surface area contributed by atoms with E-state index in [1.54, 1.807) is 48.2 Å². The molecule has 0 fully saturated rings. The predicted molar refractivity (Wildman–Crippen MR) is 92.6 cm³/mol. The first-order valence-electron chi connectivity index (χ1n) is 7.84. The van der Waals surface area contributed by atoms with Crippen LogP contribution in [0.4, 0.5) is 4.39 Å². The third-order valence-electron chi connectivity index (χ3n) is 3.72. The molecule has 0 radical (unpaired) electrons. The lowest BCUT2D eigenvalue weighted by molar-refractivity contribution is -0.116. The second-order valence-corrected chi connectivity index (χ2v) is 5.63. The highest BCUT2D eigenvalue weighted by Crippen LogP contribution is 2.16. The number of halogens is 1. The molecule has 6 heteroatoms. The van der Waals surface area contributed by atoms with Gasteiger partial charge in [-0.1, -0.05) is 6.07 Å². The predicted octanol–water partition coefficient (Wildman–Crippen LogP) is 3.55. The van der Waals surface area contributed by atoms with Crippen molar-refractivity contribution >= 4 is 12.0 Å². The number of benzene rings is 1. The molecular weight excluding hydrogens is 321 g/mol. The number of aromatic nitrogens is 2. The fraction of sp³-hybridized carbons (Fsp3) is 0.158. The smallest absolute Gasteiger partial charge is 0.244 e. The van der Waals surface area contributed by atoms with Gasteiger partial charge < -0.3 is 14.3 Å². The molecule has 5 nitrogen and oxygen atoms in total. The summed E-state index contributed by atoms with van der Waals surface area (Å²) in [5, 5.41) is 2.72. The van der Waals surface area contributed by atoms with E-state index in [4.69, 9.17) is 4.42 Å². The van der Waals surface area contributed by atoms with Crippen LogP contribution in [0.1, 0.15) is 22.9 Å². The Hall–Kier alpha value is -3.15. The molecular formula is C19H18FN3O2. The molecule has 3 aromatic rings. The van der Waals surface area contributed by atoms with Gasteiger partial charge in [-0.2, -0.15) is 0 Å². The third kappa shape index (κ3) is 4.03. The normalized spacial score (nSPS) is 11.2. The molecule has 0 aliphatic rings. The molecule has 3 rings (SSSR count). The number of nitrogens with one attached hydrogen (secondary N) is 1. The molecule has 128 valence electrons. The Morgan fingerprint density at radius 1 is 1.32 bits per heavy atom. The summed E-state index contributed by atoms with van der Waals surface area (Å²) in [6.45, 7) is 3.88. The Labute approximate surface area is 144 Å². The number of aryl methyl sites for hydroxylation is 2. The Kier molecular flexibility index (Phi) is 4.79. The van der Waals surface area contributed by atoms with E-state index in [2.05, 4.69) is 10.3 Å². The number of amides is 1. The van der Waals surface area contributed by atoms with Crippen LogP contribution >= 0.6 is 0 Å². The van der Waals surface area contributed by atoms with Gasteiger partial charge in [-0.05, 0) is 49.8 Å². The lowest BCUT2D eigenvalue weighted by atomic mass is 10.2. The van der Waals surface area contributed by atoms with Gasteiger partial charge in [0.25, 0.3) is 0 Å². The summed E-state index contributed by atoms with van der Waals surface area (Å²) in [5.74, 6) is 1.46. The van der Waals surface area contributed by atoms with Gasteiger partial charge in [0.05, 0.1) is 5.69 Å². The molecule has 2 heterocycles. The average molecular weight is 339 g/mol. The number of hydrogen-bond acceptors (Lipinski definition) is 3. The van der Waals surface area contributed by atoms with Crippen LogP contribution in [0.25, 0.3) is 11.8 Å². The van der Waals surface area contributed by atoms with Crippen LogP contribution < -0.4 is 5.32 Å². The minimum atomic E-state index is -0.366. The lowest BCUT2D eigenvalue weighted by Gasteiger charge is -2.09. The molecule has 25 heavy (non-hydrogen) atoms. The number of carbonyl (C=O) groups excluding carboxylic acids is 1. The van der Waals surface area contributed by atoms with E-state index in [9.17, 15) is 9.18 Å². The van der Waals surface area contributed by atoms with Crippen LogP contribution in [-0.4, -0.2) is 15.5 Å². The zero-order valence-corrected chi connectivity index (χ0v) is 14.0. The molecule has 1 amide bonds. The van der Waals surface area contributed by atoms with Crippen LogP contribution in [0.2, 0.25) is 0 Å². The summed E-state index contributed by atoms with van der Waals surface area (Å²) in [6.07, 6.45) is 6.30. The van der Waals surface area contributed by atoms with Crippen molar-refractivity contribution < 1.29 is 13.6 Å². The fourth-order valence-electron chi connectivity index (χ4n) is 2.44. The highest BCUT2D eigenvalue weighted by atomic mass is 19.1. The van der Waals surface area contributed by atoms with E-state index in [0.29, 0.717) is 22.8 Å². The maximum Gasteiger partial charge on any atom is 0.244 e. The lowest BCUT2D eigenvalue weighted by Crippen LogP contribution is -2.20. The maximum absolute atomic E-state index is 14.3. The first-order valence-corrected chi connectivity index (χ1v) is 7.84. The van der Waals surface area contributed by atoms with E-state index in [1.807, 2.05) is 13.0 Å². The van der Waals surface area contributed by atoms with Crippen molar-refractivity contribution in [2.24, 2.45) is 0 Å². The van der Waals surface area contributed by atoms with Crippen molar-refractivity contribution in [1.29, 1.82) is 0 Å². The summed E-state index contributed by atoms with van der Waals surface area (Å²) in [5.41, 5.74) is 1.10. The molecule has 0 spiro atoms. The van der Waals surface area contributed by atoms with Gasteiger partial charge in [0.1, 0.15) is 23.2 Å². The second-order valence-electron chi connectivity index (χ2n) is 5.63. The molecule has 1 aromatic carbocycles. The largest absolute Gasteiger partial charge is 0.462 e. The minimum Gasteiger partial charge on any atom is -0.462 e. The number of carbonyl (C=O) groups is 1. The maximum atomic E-state index is 14.3. The summed E-state index contributed by atoms with van der Waals surface area (Å²) >= 11 is 0. The average Bonchev–Trinajstić information content (AvgIpc) is 3.19. The highest BCUT2D eigenvalue weighted by molar-refractivity contribution is 5.91. The molecule has 0 aliphatic carbocycles. The van der Waals surface area contributed by atoms with Crippen LogP contribution in [-0.2, 0) is 11.3 Å². The molecule has 2 aromatic heterocycles. The SMILES string of the molecule is Cc1ccc(/C=C/C(=O)NCc2ccc(-n3ccnc3C)c(F)c2)o1. The van der Waals surface area contributed by atoms with Crippen molar-refractivity contribution in [3.8, 4) is 5.69 Å². The zero-order valence-electron chi connectivity index (χ0n) is 14.0. The van der Waals surface area contributed by atoms with Gasteiger partial charge in [-0.25, -0.2) is 9.37 Å². The standard InChI is InChI=1S/C19H18FN3O2/c1-13-3-5-16(25-13)6-8-19(24)22-12-15-4-7-18(17(20)11-15)23-10-9-21-14(23)2/h3-11H,12H2,1-2H3,(H,22,24)/b8-6+. The topological polar surface area (TPSA) is 60.1 Å². The number of hydrogen-bond donors (Lipinski definition) is 1. The van der Waals surface area contributed by atoms with Gasteiger partial charge in [-0.15, -0.1) is 0 Å². The van der Waals surface area contributed by atoms with Crippen LogP contribution in [0.15, 0.2) is 53.2 Å². The van der Waals surface area contributed by atoms with Crippen molar-refractivity contribution in [3.05, 3.63) is 77.5 Å². The van der Waals surface area contributed by atoms with E-state index in [0.717, 1.165) is 5.76 Å². The van der Waals surface area contributed by atoms with Crippen LogP contribution in [0, 0.1) is 19.7 Å². The van der Waals surface area contributed by atoms with E-state index >= 15 is 0 Å².